The Kier molecular flexibility index (Phi) is 13.4. The second-order valence-corrected chi connectivity index (χ2v) is 21.2. The molecule has 0 bridgehead atoms. The Morgan fingerprint density at radius 3 is 1.45 bits per heavy atom. The molecule has 0 radical (unpaired) electrons. The molecule has 9 rings (SSSR count). The molecule has 0 atom stereocenters. The third kappa shape index (κ3) is 10.2. The fraction of sp³-hybridized carbons (Fsp3) is 0.722. The number of fused-ring (bicyclic) bond motifs is 2. The number of halogens is 1. The van der Waals surface area contributed by atoms with Crippen LogP contribution in [0.5, 0.6) is 0 Å². The molecule has 0 aromatic carbocycles. The van der Waals surface area contributed by atoms with Gasteiger partial charge >= 0.3 is 7.12 Å². The highest BCUT2D eigenvalue weighted by Crippen LogP contribution is 2.61. The van der Waals surface area contributed by atoms with E-state index in [1.54, 1.807) is 88.4 Å². The van der Waals surface area contributed by atoms with Crippen molar-refractivity contribution < 1.29 is 19.6 Å². The maximum Gasteiger partial charge on any atom is 0.454 e. The zero-order valence-electron chi connectivity index (χ0n) is 27.8. The van der Waals surface area contributed by atoms with E-state index in [2.05, 4.69) is 32.6 Å². The summed E-state index contributed by atoms with van der Waals surface area (Å²) in [4.78, 5) is 25.4. The molecule has 258 valence electrons. The maximum absolute atomic E-state index is 11.2. The Hall–Kier alpha value is -0.765. The van der Waals surface area contributed by atoms with Crippen molar-refractivity contribution in [1.82, 2.24) is 10.6 Å². The van der Waals surface area contributed by atoms with Gasteiger partial charge in [0.15, 0.2) is 0 Å². The zero-order chi connectivity index (χ0) is 32.8. The number of rotatable bonds is 5. The van der Waals surface area contributed by atoms with E-state index in [4.69, 9.17) is 10.0 Å². The zero-order valence-corrected chi connectivity index (χ0v) is 31.9. The van der Waals surface area contributed by atoms with Gasteiger partial charge in [0, 0.05) is 18.0 Å². The molecule has 6 nitrogen and oxygen atoms in total. The van der Waals surface area contributed by atoms with E-state index in [1.807, 2.05) is 6.07 Å². The minimum absolute atomic E-state index is 0.0608. The number of amides is 2. The second-order valence-electron chi connectivity index (χ2n) is 14.6. The van der Waals surface area contributed by atoms with Gasteiger partial charge in [0.25, 0.3) is 11.8 Å². The molecule has 2 aromatic rings. The van der Waals surface area contributed by atoms with Crippen molar-refractivity contribution in [2.75, 3.05) is 0 Å². The monoisotopic (exact) mass is 762 g/mol. The highest BCUT2D eigenvalue weighted by Gasteiger charge is 2.37. The maximum atomic E-state index is 11.2. The average Bonchev–Trinajstić information content (AvgIpc) is 4.00. The molecule has 2 aromatic heterocycles. The Morgan fingerprint density at radius 2 is 1.09 bits per heavy atom. The smallest absolute Gasteiger partial charge is 0.427 e. The summed E-state index contributed by atoms with van der Waals surface area (Å²) in [5.41, 5.74) is 5.90. The highest BCUT2D eigenvalue weighted by atomic mass is 79.9. The molecule has 2 aliphatic heterocycles. The lowest BCUT2D eigenvalue weighted by Gasteiger charge is -2.44. The Morgan fingerprint density at radius 1 is 0.638 bits per heavy atom. The third-order valence-corrected chi connectivity index (χ3v) is 18.0. The van der Waals surface area contributed by atoms with Gasteiger partial charge in [0.05, 0.1) is 13.5 Å². The number of hydrogen-bond acceptors (Lipinski definition) is 6. The minimum atomic E-state index is -1.04. The van der Waals surface area contributed by atoms with Crippen LogP contribution >= 0.6 is 46.5 Å². The first-order chi connectivity index (χ1) is 22.9. The van der Waals surface area contributed by atoms with Crippen LogP contribution in [-0.2, 0) is 13.1 Å². The van der Waals surface area contributed by atoms with Crippen LogP contribution in [0.25, 0.3) is 0 Å². The summed E-state index contributed by atoms with van der Waals surface area (Å²) in [6.07, 6.45) is 28.3. The predicted molar refractivity (Wildman–Crippen MR) is 201 cm³/mol. The molecule has 47 heavy (non-hydrogen) atoms. The number of hydrogen-bond donors (Lipinski definition) is 4. The molecule has 0 saturated heterocycles. The van der Waals surface area contributed by atoms with Crippen LogP contribution in [0.1, 0.15) is 163 Å². The lowest BCUT2D eigenvalue weighted by Crippen LogP contribution is -2.28. The van der Waals surface area contributed by atoms with Crippen LogP contribution in [0.2, 0.25) is 5.82 Å². The number of carbonyl (C=O) groups excluding carboxylic acids is 2. The first-order valence-corrected chi connectivity index (χ1v) is 22.5. The molecule has 0 unspecified atom stereocenters. The Bertz CT molecular complexity index is 1290. The summed E-state index contributed by atoms with van der Waals surface area (Å²) < 4.78 is 1.03. The first kappa shape index (κ1) is 36.0. The van der Waals surface area contributed by atoms with Gasteiger partial charge < -0.3 is 20.7 Å². The van der Waals surface area contributed by atoms with E-state index in [9.17, 15) is 9.59 Å². The van der Waals surface area contributed by atoms with Gasteiger partial charge in [-0.3, -0.25) is 9.59 Å². The lowest BCUT2D eigenvalue weighted by atomic mass is 9.84. The van der Waals surface area contributed by atoms with Crippen molar-refractivity contribution in [3.05, 3.63) is 41.7 Å². The van der Waals surface area contributed by atoms with Gasteiger partial charge in [0.1, 0.15) is 0 Å². The van der Waals surface area contributed by atoms with Crippen molar-refractivity contribution in [2.24, 2.45) is 0 Å². The molecule has 11 heteroatoms. The van der Waals surface area contributed by atoms with E-state index in [0.29, 0.717) is 14.5 Å². The summed E-state index contributed by atoms with van der Waals surface area (Å²) in [6, 6.07) is 4.19. The normalized spacial score (nSPS) is 22.9. The molecule has 4 heterocycles. The van der Waals surface area contributed by atoms with Crippen molar-refractivity contribution in [1.29, 1.82) is 0 Å². The van der Waals surface area contributed by atoms with Gasteiger partial charge in [-0.15, -0.1) is 22.7 Å². The van der Waals surface area contributed by atoms with Crippen molar-refractivity contribution in [3.63, 3.8) is 0 Å². The van der Waals surface area contributed by atoms with Gasteiger partial charge in [-0.05, 0) is 119 Å². The van der Waals surface area contributed by atoms with E-state index in [-0.39, 0.29) is 17.6 Å². The quantitative estimate of drug-likeness (QED) is 0.180. The molecule has 5 aliphatic carbocycles. The number of carbonyl (C=O) groups is 2. The van der Waals surface area contributed by atoms with E-state index in [1.165, 1.54) is 70.9 Å². The molecule has 0 spiro atoms. The second kappa shape index (κ2) is 17.4. The summed E-state index contributed by atoms with van der Waals surface area (Å²) in [5.74, 6) is 1.19. The molecule has 7 aliphatic rings. The van der Waals surface area contributed by atoms with E-state index in [0.717, 1.165) is 44.4 Å². The lowest BCUT2D eigenvalue weighted by molar-refractivity contribution is 0.0961. The van der Waals surface area contributed by atoms with Crippen LogP contribution in [-0.4, -0.2) is 46.0 Å². The summed E-state index contributed by atoms with van der Waals surface area (Å²) >= 11 is 6.50. The summed E-state index contributed by atoms with van der Waals surface area (Å²) in [5, 5.41) is 22.1. The Labute approximate surface area is 299 Å². The largest absolute Gasteiger partial charge is 0.454 e. The number of thiophene rings is 2. The summed E-state index contributed by atoms with van der Waals surface area (Å²) in [6.45, 7) is 1.44. The molecular weight excluding hydrogens is 710 g/mol. The molecule has 5 fully saturated rings. The predicted octanol–water partition coefficient (Wildman–Crippen LogP) is 9.71. The van der Waals surface area contributed by atoms with E-state index >= 15 is 0 Å². The standard InChI is InChI=1S/C18H33P.C9H9NOS.C6H4BrNOS.C3H7BO2/c1-4-10-16(11-5-1)19(17-12-6-2-7-13-17)18-14-8-3-9-15-18;11-9-8-6(4-10-9)3-7(12-8)5-1-2-5;7-4-1-3-2-8-6(9)5(3)10-4;5-4(6)3-1-2-3/h16-18H,1-15H2;3,5H,1-2,4H2,(H,10,11);1H,2H2,(H,8,9);3,5-6H,1-2H2. The average molecular weight is 764 g/mol. The van der Waals surface area contributed by atoms with Gasteiger partial charge in [0.2, 0.25) is 0 Å². The molecular formula is C36H53BBrN2O4PS2. The Balaban J connectivity index is 0.000000118. The fourth-order valence-electron chi connectivity index (χ4n) is 8.00. The van der Waals surface area contributed by atoms with Crippen molar-refractivity contribution >= 4 is 65.5 Å². The van der Waals surface area contributed by atoms with Crippen LogP contribution < -0.4 is 10.6 Å². The molecule has 4 N–H and O–H groups in total. The summed E-state index contributed by atoms with van der Waals surface area (Å²) in [7, 11) is -0.652. The fourth-order valence-corrected chi connectivity index (χ4v) is 15.5. The van der Waals surface area contributed by atoms with Gasteiger partial charge in [-0.25, -0.2) is 0 Å². The minimum Gasteiger partial charge on any atom is -0.427 e. The van der Waals surface area contributed by atoms with Crippen LogP contribution in [0.3, 0.4) is 0 Å². The van der Waals surface area contributed by atoms with Crippen LogP contribution in [0.15, 0.2) is 15.9 Å². The topological polar surface area (TPSA) is 98.7 Å². The van der Waals surface area contributed by atoms with Gasteiger partial charge in [-0.2, -0.15) is 0 Å². The molecule has 2 amide bonds. The van der Waals surface area contributed by atoms with Crippen LogP contribution in [0.4, 0.5) is 0 Å². The van der Waals surface area contributed by atoms with E-state index < -0.39 is 7.12 Å². The van der Waals surface area contributed by atoms with Crippen LogP contribution in [0, 0.1) is 0 Å². The first-order valence-electron chi connectivity index (χ1n) is 18.5. The number of nitrogens with one attached hydrogen (secondary N) is 2. The SMILES string of the molecule is C1CCC(P(C2CCCCC2)C2CCCCC2)CC1.O=C1NCc2cc(Br)sc21.O=C1NCc2cc(C3CC3)sc21.OB(O)C1CC1. The van der Waals surface area contributed by atoms with Gasteiger partial charge in [-0.1, -0.05) is 78.6 Å². The molecule has 5 saturated carbocycles. The highest BCUT2D eigenvalue weighted by molar-refractivity contribution is 9.11. The van der Waals surface area contributed by atoms with Crippen molar-refractivity contribution in [2.45, 2.75) is 164 Å². The van der Waals surface area contributed by atoms with Crippen molar-refractivity contribution in [3.8, 4) is 0 Å². The third-order valence-electron chi connectivity index (χ3n) is 10.9.